The molecule has 1 N–H and O–H groups in total. The molecule has 0 spiro atoms. The molecule has 0 amide bonds. The van der Waals surface area contributed by atoms with Gasteiger partial charge in [0.05, 0.1) is 11.7 Å². The Morgan fingerprint density at radius 1 is 1.24 bits per heavy atom. The Morgan fingerprint density at radius 2 is 1.88 bits per heavy atom. The Labute approximate surface area is 104 Å². The van der Waals surface area contributed by atoms with E-state index in [0.717, 1.165) is 25.7 Å². The first kappa shape index (κ1) is 16.4. The summed E-state index contributed by atoms with van der Waals surface area (Å²) in [6.45, 7) is 7.94. The van der Waals surface area contributed by atoms with Crippen LogP contribution in [-0.4, -0.2) is 22.8 Å². The normalized spacial score (nSPS) is 13.6. The van der Waals surface area contributed by atoms with Crippen LogP contribution in [0.25, 0.3) is 0 Å². The first-order valence-corrected chi connectivity index (χ1v) is 6.41. The fourth-order valence-corrected chi connectivity index (χ4v) is 1.42. The van der Waals surface area contributed by atoms with Crippen molar-refractivity contribution < 1.29 is 19.7 Å². The van der Waals surface area contributed by atoms with Gasteiger partial charge < -0.3 is 5.11 Å². The molecule has 102 valence electrons. The summed E-state index contributed by atoms with van der Waals surface area (Å²) in [7, 11) is 0. The number of carboxylic acid groups (broad SMARTS) is 1. The van der Waals surface area contributed by atoms with Gasteiger partial charge in [0.1, 0.15) is 0 Å². The standard InChI is InChI=1S/C13H26O4/c1-5-8-11(16-17-13(2,3)4)9-6-7-10-12(14)15/h11H,5-10H2,1-4H3,(H,14,15). The van der Waals surface area contributed by atoms with Crippen molar-refractivity contribution >= 4 is 5.97 Å². The predicted octanol–water partition coefficient (Wildman–Crippen LogP) is 3.55. The molecule has 0 aliphatic carbocycles. The van der Waals surface area contributed by atoms with E-state index in [1.54, 1.807) is 0 Å². The second-order valence-electron chi connectivity index (χ2n) is 5.34. The fraction of sp³-hybridized carbons (Fsp3) is 0.923. The molecule has 4 nitrogen and oxygen atoms in total. The minimum atomic E-state index is -0.732. The molecule has 4 heteroatoms. The molecule has 0 saturated carbocycles. The Balaban J connectivity index is 3.78. The van der Waals surface area contributed by atoms with E-state index in [0.29, 0.717) is 6.42 Å². The van der Waals surface area contributed by atoms with Gasteiger partial charge in [0.25, 0.3) is 0 Å². The summed E-state index contributed by atoms with van der Waals surface area (Å²) >= 11 is 0. The summed E-state index contributed by atoms with van der Waals surface area (Å²) in [5, 5.41) is 8.54. The van der Waals surface area contributed by atoms with Crippen LogP contribution in [0.1, 0.15) is 66.2 Å². The average Bonchev–Trinajstić information content (AvgIpc) is 2.19. The van der Waals surface area contributed by atoms with E-state index in [1.165, 1.54) is 0 Å². The molecule has 0 saturated heterocycles. The Hall–Kier alpha value is -0.610. The SMILES string of the molecule is CCCC(CCCCC(=O)O)OOC(C)(C)C. The topological polar surface area (TPSA) is 55.8 Å². The van der Waals surface area contributed by atoms with Gasteiger partial charge in [-0.25, -0.2) is 9.78 Å². The van der Waals surface area contributed by atoms with E-state index >= 15 is 0 Å². The lowest BCUT2D eigenvalue weighted by Gasteiger charge is -2.23. The van der Waals surface area contributed by atoms with Crippen LogP contribution in [-0.2, 0) is 14.6 Å². The van der Waals surface area contributed by atoms with E-state index < -0.39 is 5.97 Å². The zero-order valence-electron chi connectivity index (χ0n) is 11.5. The van der Waals surface area contributed by atoms with Gasteiger partial charge in [-0.15, -0.1) is 0 Å². The molecule has 0 bridgehead atoms. The van der Waals surface area contributed by atoms with Crippen LogP contribution >= 0.6 is 0 Å². The van der Waals surface area contributed by atoms with Crippen molar-refractivity contribution in [2.45, 2.75) is 77.9 Å². The first-order valence-electron chi connectivity index (χ1n) is 6.41. The Kier molecular flexibility index (Phi) is 8.17. The van der Waals surface area contributed by atoms with Crippen molar-refractivity contribution in [1.82, 2.24) is 0 Å². The molecule has 0 rings (SSSR count). The predicted molar refractivity (Wildman–Crippen MR) is 66.7 cm³/mol. The van der Waals surface area contributed by atoms with Gasteiger partial charge in [0.2, 0.25) is 0 Å². The van der Waals surface area contributed by atoms with Crippen LogP contribution in [0.2, 0.25) is 0 Å². The van der Waals surface area contributed by atoms with Crippen molar-refractivity contribution in [2.24, 2.45) is 0 Å². The van der Waals surface area contributed by atoms with Gasteiger partial charge in [-0.05, 0) is 40.0 Å². The minimum Gasteiger partial charge on any atom is -0.481 e. The maximum absolute atomic E-state index is 10.4. The third kappa shape index (κ3) is 11.6. The van der Waals surface area contributed by atoms with Crippen LogP contribution in [0.3, 0.4) is 0 Å². The first-order chi connectivity index (χ1) is 7.85. The zero-order chi connectivity index (χ0) is 13.3. The lowest BCUT2D eigenvalue weighted by Crippen LogP contribution is -2.24. The number of rotatable bonds is 9. The van der Waals surface area contributed by atoms with Gasteiger partial charge in [-0.3, -0.25) is 4.79 Å². The summed E-state index contributed by atoms with van der Waals surface area (Å²) in [4.78, 5) is 21.1. The van der Waals surface area contributed by atoms with E-state index in [-0.39, 0.29) is 18.1 Å². The van der Waals surface area contributed by atoms with Crippen LogP contribution in [0.5, 0.6) is 0 Å². The average molecular weight is 246 g/mol. The molecule has 0 fully saturated rings. The number of unbranched alkanes of at least 4 members (excludes halogenated alkanes) is 1. The van der Waals surface area contributed by atoms with Crippen molar-refractivity contribution in [1.29, 1.82) is 0 Å². The molecule has 0 radical (unpaired) electrons. The smallest absolute Gasteiger partial charge is 0.303 e. The maximum atomic E-state index is 10.4. The lowest BCUT2D eigenvalue weighted by molar-refractivity contribution is -0.374. The van der Waals surface area contributed by atoms with Crippen LogP contribution < -0.4 is 0 Å². The second kappa shape index (κ2) is 8.48. The molecule has 1 atom stereocenters. The van der Waals surface area contributed by atoms with Gasteiger partial charge in [-0.1, -0.05) is 19.8 Å². The van der Waals surface area contributed by atoms with Crippen LogP contribution in [0.4, 0.5) is 0 Å². The summed E-state index contributed by atoms with van der Waals surface area (Å²) in [5.74, 6) is -0.732. The number of carbonyl (C=O) groups is 1. The van der Waals surface area contributed by atoms with Crippen molar-refractivity contribution in [2.75, 3.05) is 0 Å². The Morgan fingerprint density at radius 3 is 2.35 bits per heavy atom. The molecule has 1 unspecified atom stereocenters. The second-order valence-corrected chi connectivity index (χ2v) is 5.34. The largest absolute Gasteiger partial charge is 0.481 e. The molecule has 17 heavy (non-hydrogen) atoms. The van der Waals surface area contributed by atoms with Crippen LogP contribution in [0, 0.1) is 0 Å². The highest BCUT2D eigenvalue weighted by Gasteiger charge is 2.16. The number of hydrogen-bond acceptors (Lipinski definition) is 3. The van der Waals surface area contributed by atoms with E-state index in [4.69, 9.17) is 14.9 Å². The van der Waals surface area contributed by atoms with Gasteiger partial charge >= 0.3 is 5.97 Å². The molecular formula is C13H26O4. The minimum absolute atomic E-state index is 0.0769. The zero-order valence-corrected chi connectivity index (χ0v) is 11.5. The number of hydrogen-bond donors (Lipinski definition) is 1. The van der Waals surface area contributed by atoms with Crippen molar-refractivity contribution in [3.8, 4) is 0 Å². The highest BCUT2D eigenvalue weighted by molar-refractivity contribution is 5.66. The number of aliphatic carboxylic acids is 1. The summed E-state index contributed by atoms with van der Waals surface area (Å²) in [5.41, 5.74) is -0.299. The van der Waals surface area contributed by atoms with E-state index in [2.05, 4.69) is 6.92 Å². The van der Waals surface area contributed by atoms with Crippen molar-refractivity contribution in [3.05, 3.63) is 0 Å². The third-order valence-electron chi connectivity index (χ3n) is 2.21. The third-order valence-corrected chi connectivity index (χ3v) is 2.21. The van der Waals surface area contributed by atoms with Gasteiger partial charge in [0, 0.05) is 6.42 Å². The highest BCUT2D eigenvalue weighted by atomic mass is 17.2. The quantitative estimate of drug-likeness (QED) is 0.384. The summed E-state index contributed by atoms with van der Waals surface area (Å²) < 4.78 is 0. The monoisotopic (exact) mass is 246 g/mol. The molecule has 0 aromatic heterocycles. The van der Waals surface area contributed by atoms with Gasteiger partial charge in [0.15, 0.2) is 0 Å². The van der Waals surface area contributed by atoms with E-state index in [1.807, 2.05) is 20.8 Å². The maximum Gasteiger partial charge on any atom is 0.303 e. The summed E-state index contributed by atoms with van der Waals surface area (Å²) in [6.07, 6.45) is 4.73. The molecule has 0 aliphatic heterocycles. The van der Waals surface area contributed by atoms with Crippen molar-refractivity contribution in [3.63, 3.8) is 0 Å². The highest BCUT2D eigenvalue weighted by Crippen LogP contribution is 2.16. The molecule has 0 aliphatic rings. The molecule has 0 heterocycles. The number of carboxylic acids is 1. The molecule has 0 aromatic rings. The summed E-state index contributed by atoms with van der Waals surface area (Å²) in [6, 6.07) is 0. The Bertz CT molecular complexity index is 208. The lowest BCUT2D eigenvalue weighted by atomic mass is 10.1. The van der Waals surface area contributed by atoms with Crippen LogP contribution in [0.15, 0.2) is 0 Å². The fourth-order valence-electron chi connectivity index (χ4n) is 1.42. The van der Waals surface area contributed by atoms with E-state index in [9.17, 15) is 4.79 Å². The molecule has 0 aromatic carbocycles. The molecular weight excluding hydrogens is 220 g/mol. The van der Waals surface area contributed by atoms with Gasteiger partial charge in [-0.2, -0.15) is 0 Å².